The topological polar surface area (TPSA) is 45.2 Å². The van der Waals surface area contributed by atoms with Crippen molar-refractivity contribution in [3.63, 3.8) is 0 Å². The van der Waals surface area contributed by atoms with Gasteiger partial charge in [0, 0.05) is 31.9 Å². The van der Waals surface area contributed by atoms with Gasteiger partial charge < -0.3 is 10.2 Å². The first-order chi connectivity index (χ1) is 9.08. The molecular weight excluding hydrogens is 272 g/mol. The van der Waals surface area contributed by atoms with Crippen LogP contribution in [0.1, 0.15) is 17.3 Å². The Hall–Kier alpha value is -1.21. The molecule has 0 radical (unpaired) electrons. The van der Waals surface area contributed by atoms with Crippen LogP contribution in [0, 0.1) is 0 Å². The van der Waals surface area contributed by atoms with E-state index in [9.17, 15) is 13.6 Å². The molecule has 1 aliphatic rings. The number of thioether (sulfide) groups is 1. The van der Waals surface area contributed by atoms with Crippen LogP contribution < -0.4 is 5.32 Å². The number of nitrogens with one attached hydrogen (secondary N) is 1. The number of amides is 1. The summed E-state index contributed by atoms with van der Waals surface area (Å²) in [6, 6.07) is 3.35. The molecule has 1 fully saturated rings. The minimum atomic E-state index is -2.58. The van der Waals surface area contributed by atoms with Gasteiger partial charge in [0.25, 0.3) is 11.7 Å². The molecule has 1 saturated heterocycles. The maximum Gasteiger partial charge on any atom is 0.290 e. The summed E-state index contributed by atoms with van der Waals surface area (Å²) in [5, 5.41) is 3.32. The van der Waals surface area contributed by atoms with E-state index >= 15 is 0 Å². The highest BCUT2D eigenvalue weighted by atomic mass is 32.2. The Labute approximate surface area is 114 Å². The molecule has 0 aliphatic carbocycles. The summed E-state index contributed by atoms with van der Waals surface area (Å²) in [6.07, 6.45) is 1.42. The third kappa shape index (κ3) is 3.63. The Kier molecular flexibility index (Phi) is 4.71. The highest BCUT2D eigenvalue weighted by Crippen LogP contribution is 2.27. The first-order valence-corrected chi connectivity index (χ1v) is 6.88. The molecule has 1 aliphatic heterocycles. The van der Waals surface area contributed by atoms with Crippen molar-refractivity contribution in [1.29, 1.82) is 0 Å². The number of pyridine rings is 1. The Morgan fingerprint density at radius 2 is 2.42 bits per heavy atom. The van der Waals surface area contributed by atoms with E-state index in [1.807, 2.05) is 6.92 Å². The van der Waals surface area contributed by atoms with E-state index in [1.54, 1.807) is 17.0 Å². The number of alkyl halides is 2. The van der Waals surface area contributed by atoms with Crippen molar-refractivity contribution in [1.82, 2.24) is 15.2 Å². The summed E-state index contributed by atoms with van der Waals surface area (Å²) in [5.74, 6) is -2.81. The average Bonchev–Trinajstić information content (AvgIpc) is 2.38. The lowest BCUT2D eigenvalue weighted by atomic mass is 10.2. The lowest BCUT2D eigenvalue weighted by Gasteiger charge is -2.32. The van der Waals surface area contributed by atoms with E-state index in [1.165, 1.54) is 6.20 Å². The first kappa shape index (κ1) is 14.2. The van der Waals surface area contributed by atoms with Gasteiger partial charge in [0.2, 0.25) is 0 Å². The fourth-order valence-electron chi connectivity index (χ4n) is 2.02. The molecule has 1 N–H and O–H groups in total. The van der Waals surface area contributed by atoms with Crippen LogP contribution in [0.3, 0.4) is 0 Å². The van der Waals surface area contributed by atoms with Gasteiger partial charge in [-0.15, -0.1) is 0 Å². The molecule has 7 heteroatoms. The summed E-state index contributed by atoms with van der Waals surface area (Å²) in [4.78, 5) is 17.9. The summed E-state index contributed by atoms with van der Waals surface area (Å²) in [7, 11) is 0. The zero-order valence-electron chi connectivity index (χ0n) is 10.5. The van der Waals surface area contributed by atoms with Crippen LogP contribution in [0.15, 0.2) is 23.4 Å². The van der Waals surface area contributed by atoms with Gasteiger partial charge in [-0.25, -0.2) is 4.98 Å². The number of aromatic nitrogens is 1. The van der Waals surface area contributed by atoms with Crippen LogP contribution in [0.5, 0.6) is 0 Å². The number of carbonyl (C=O) groups excluding carboxylic acids is 1. The second kappa shape index (κ2) is 6.29. The molecule has 4 nitrogen and oxygen atoms in total. The van der Waals surface area contributed by atoms with Gasteiger partial charge in [0.05, 0.1) is 5.56 Å². The molecule has 104 valence electrons. The molecule has 2 rings (SSSR count). The van der Waals surface area contributed by atoms with Crippen molar-refractivity contribution >= 4 is 17.7 Å². The van der Waals surface area contributed by atoms with Gasteiger partial charge in [-0.3, -0.25) is 4.79 Å². The van der Waals surface area contributed by atoms with Crippen LogP contribution in [0.4, 0.5) is 8.78 Å². The maximum absolute atomic E-state index is 12.5. The molecule has 0 saturated carbocycles. The van der Waals surface area contributed by atoms with E-state index < -0.39 is 5.76 Å². The van der Waals surface area contributed by atoms with Gasteiger partial charge >= 0.3 is 0 Å². The first-order valence-electron chi connectivity index (χ1n) is 6.00. The van der Waals surface area contributed by atoms with Crippen LogP contribution in [-0.2, 0) is 0 Å². The van der Waals surface area contributed by atoms with Gasteiger partial charge in [-0.2, -0.15) is 8.78 Å². The van der Waals surface area contributed by atoms with Gasteiger partial charge in [0.1, 0.15) is 5.03 Å². The summed E-state index contributed by atoms with van der Waals surface area (Å²) in [6.45, 7) is 3.85. The second-order valence-electron chi connectivity index (χ2n) is 4.34. The predicted molar refractivity (Wildman–Crippen MR) is 69.5 cm³/mol. The smallest absolute Gasteiger partial charge is 0.290 e. The van der Waals surface area contributed by atoms with Crippen molar-refractivity contribution in [2.75, 3.05) is 19.6 Å². The van der Waals surface area contributed by atoms with Crippen LogP contribution in [-0.4, -0.2) is 47.2 Å². The number of hydrogen-bond donors (Lipinski definition) is 1. The van der Waals surface area contributed by atoms with Crippen molar-refractivity contribution in [3.8, 4) is 0 Å². The summed E-state index contributed by atoms with van der Waals surface area (Å²) >= 11 is 0.311. The molecule has 0 bridgehead atoms. The van der Waals surface area contributed by atoms with Crippen LogP contribution in [0.25, 0.3) is 0 Å². The van der Waals surface area contributed by atoms with Crippen molar-refractivity contribution in [2.45, 2.75) is 23.7 Å². The number of rotatable bonds is 3. The number of piperazine rings is 1. The van der Waals surface area contributed by atoms with E-state index in [2.05, 4.69) is 10.3 Å². The van der Waals surface area contributed by atoms with E-state index in [4.69, 9.17) is 0 Å². The maximum atomic E-state index is 12.5. The lowest BCUT2D eigenvalue weighted by Crippen LogP contribution is -2.51. The minimum absolute atomic E-state index is 0.0914. The van der Waals surface area contributed by atoms with E-state index in [0.717, 1.165) is 0 Å². The fraction of sp³-hybridized carbons (Fsp3) is 0.500. The van der Waals surface area contributed by atoms with Crippen molar-refractivity contribution in [2.24, 2.45) is 0 Å². The molecule has 1 atom stereocenters. The van der Waals surface area contributed by atoms with Crippen molar-refractivity contribution in [3.05, 3.63) is 23.9 Å². The van der Waals surface area contributed by atoms with Crippen molar-refractivity contribution < 1.29 is 13.6 Å². The summed E-state index contributed by atoms with van der Waals surface area (Å²) in [5.41, 5.74) is 0.252. The fourth-order valence-corrected chi connectivity index (χ4v) is 2.59. The lowest BCUT2D eigenvalue weighted by molar-refractivity contribution is 0.0704. The number of carbonyl (C=O) groups is 1. The number of hydrogen-bond acceptors (Lipinski definition) is 4. The molecule has 1 amide bonds. The Morgan fingerprint density at radius 1 is 1.63 bits per heavy atom. The third-order valence-electron chi connectivity index (χ3n) is 2.86. The molecular formula is C12H15F2N3OS. The molecule has 0 spiro atoms. The molecule has 1 aromatic rings. The van der Waals surface area contributed by atoms with Gasteiger partial charge in [-0.1, -0.05) is 0 Å². The van der Waals surface area contributed by atoms with Gasteiger partial charge in [-0.05, 0) is 30.8 Å². The second-order valence-corrected chi connectivity index (χ2v) is 5.32. The SMILES string of the molecule is C[C@@H]1CN(C(=O)c2cccnc2SC(F)F)CCN1. The highest BCUT2D eigenvalue weighted by molar-refractivity contribution is 7.99. The Morgan fingerprint density at radius 3 is 3.11 bits per heavy atom. The summed E-state index contributed by atoms with van der Waals surface area (Å²) < 4.78 is 24.9. The zero-order chi connectivity index (χ0) is 13.8. The molecule has 1 aromatic heterocycles. The van der Waals surface area contributed by atoms with E-state index in [-0.39, 0.29) is 22.5 Å². The Balaban J connectivity index is 2.18. The molecule has 0 unspecified atom stereocenters. The monoisotopic (exact) mass is 287 g/mol. The number of halogens is 2. The zero-order valence-corrected chi connectivity index (χ0v) is 11.3. The average molecular weight is 287 g/mol. The predicted octanol–water partition coefficient (Wildman–Crippen LogP) is 1.83. The molecule has 0 aromatic carbocycles. The van der Waals surface area contributed by atoms with E-state index in [0.29, 0.717) is 31.4 Å². The number of nitrogens with zero attached hydrogens (tertiary/aromatic N) is 2. The van der Waals surface area contributed by atoms with Crippen LogP contribution in [0.2, 0.25) is 0 Å². The Bertz CT molecular complexity index is 458. The highest BCUT2D eigenvalue weighted by Gasteiger charge is 2.24. The minimum Gasteiger partial charge on any atom is -0.336 e. The quantitative estimate of drug-likeness (QED) is 0.862. The normalized spacial score (nSPS) is 19.8. The molecule has 2 heterocycles. The van der Waals surface area contributed by atoms with Crippen LogP contribution >= 0.6 is 11.8 Å². The standard InChI is InChI=1S/C12H15F2N3OS/c1-8-7-17(6-5-15-8)11(18)9-3-2-4-16-10(9)19-12(13)14/h2-4,8,12,15H,5-7H2,1H3/t8-/m1/s1. The van der Waals surface area contributed by atoms with Gasteiger partial charge in [0.15, 0.2) is 0 Å². The molecule has 19 heavy (non-hydrogen) atoms. The largest absolute Gasteiger partial charge is 0.336 e. The third-order valence-corrected chi connectivity index (χ3v) is 3.59.